The van der Waals surface area contributed by atoms with Gasteiger partial charge in [-0.3, -0.25) is 0 Å². The van der Waals surface area contributed by atoms with Gasteiger partial charge >= 0.3 is 0 Å². The molecule has 0 radical (unpaired) electrons. The van der Waals surface area contributed by atoms with E-state index in [4.69, 9.17) is 11.6 Å². The zero-order valence-corrected chi connectivity index (χ0v) is 11.4. The highest BCUT2D eigenvalue weighted by Gasteiger charge is 2.25. The van der Waals surface area contributed by atoms with E-state index < -0.39 is 0 Å². The zero-order chi connectivity index (χ0) is 11.1. The highest BCUT2D eigenvalue weighted by atomic mass is 127. The molecule has 82 valence electrons. The number of hydrogen-bond acceptors (Lipinski definition) is 1. The first-order valence-electron chi connectivity index (χ1n) is 5.24. The number of hydrogen-bond donors (Lipinski definition) is 1. The van der Waals surface area contributed by atoms with Crippen molar-refractivity contribution < 1.29 is 0 Å². The van der Waals surface area contributed by atoms with Gasteiger partial charge in [-0.2, -0.15) is 0 Å². The molecule has 1 aromatic carbocycles. The van der Waals surface area contributed by atoms with Crippen LogP contribution in [0.1, 0.15) is 24.5 Å². The summed E-state index contributed by atoms with van der Waals surface area (Å²) in [5.74, 6) is 1.66. The van der Waals surface area contributed by atoms with Crippen LogP contribution in [-0.4, -0.2) is 9.97 Å². The molecule has 16 heavy (non-hydrogen) atoms. The maximum atomic E-state index is 5.93. The third kappa shape index (κ3) is 1.98. The molecule has 0 unspecified atom stereocenters. The summed E-state index contributed by atoms with van der Waals surface area (Å²) >= 11 is 8.22. The van der Waals surface area contributed by atoms with Gasteiger partial charge < -0.3 is 4.98 Å². The second kappa shape index (κ2) is 4.04. The second-order valence-corrected chi connectivity index (χ2v) is 5.68. The molecule has 1 fully saturated rings. The fourth-order valence-electron chi connectivity index (χ4n) is 1.76. The molecule has 1 aliphatic carbocycles. The molecule has 0 aliphatic heterocycles. The van der Waals surface area contributed by atoms with E-state index in [0.29, 0.717) is 5.92 Å². The Kier molecular flexibility index (Phi) is 2.67. The van der Waals surface area contributed by atoms with Crippen LogP contribution in [0.15, 0.2) is 24.4 Å². The lowest BCUT2D eigenvalue weighted by molar-refractivity contribution is 1.05. The Balaban J connectivity index is 2.00. The maximum Gasteiger partial charge on any atom is 0.138 e. The van der Waals surface area contributed by atoms with Crippen LogP contribution in [0.3, 0.4) is 0 Å². The summed E-state index contributed by atoms with van der Waals surface area (Å²) in [6.45, 7) is 0. The molecule has 0 saturated heterocycles. The minimum Gasteiger partial charge on any atom is -0.342 e. The van der Waals surface area contributed by atoms with Crippen LogP contribution in [-0.2, 0) is 0 Å². The molecule has 1 heterocycles. The summed E-state index contributed by atoms with van der Waals surface area (Å²) in [7, 11) is 0. The normalized spacial score (nSPS) is 15.4. The van der Waals surface area contributed by atoms with Gasteiger partial charge in [-0.05, 0) is 53.6 Å². The lowest BCUT2D eigenvalue weighted by Crippen LogP contribution is -1.85. The minimum atomic E-state index is 0.714. The summed E-state index contributed by atoms with van der Waals surface area (Å²) in [5, 5.41) is 0.766. The van der Waals surface area contributed by atoms with Crippen molar-refractivity contribution in [3.8, 4) is 11.4 Å². The SMILES string of the molecule is Clc1ccc(-c2ncc(C3CC3)[nH]2)c(I)c1. The van der Waals surface area contributed by atoms with Gasteiger partial charge in [0.05, 0.1) is 0 Å². The third-order valence-corrected chi connectivity index (χ3v) is 3.93. The zero-order valence-electron chi connectivity index (χ0n) is 8.50. The summed E-state index contributed by atoms with van der Waals surface area (Å²) in [6.07, 6.45) is 4.54. The molecule has 0 amide bonds. The standard InChI is InChI=1S/C12H10ClIN2/c13-8-3-4-9(10(14)5-8)12-15-6-11(16-12)7-1-2-7/h3-7H,1-2H2,(H,15,16). The Morgan fingerprint density at radius 3 is 2.88 bits per heavy atom. The van der Waals surface area contributed by atoms with E-state index in [1.807, 2.05) is 24.4 Å². The Morgan fingerprint density at radius 1 is 1.38 bits per heavy atom. The molecule has 1 saturated carbocycles. The van der Waals surface area contributed by atoms with E-state index >= 15 is 0 Å². The van der Waals surface area contributed by atoms with Crippen molar-refractivity contribution in [2.75, 3.05) is 0 Å². The second-order valence-electron chi connectivity index (χ2n) is 4.09. The van der Waals surface area contributed by atoms with Crippen molar-refractivity contribution in [2.45, 2.75) is 18.8 Å². The number of benzene rings is 1. The van der Waals surface area contributed by atoms with Crippen LogP contribution in [0.2, 0.25) is 5.02 Å². The van der Waals surface area contributed by atoms with Gasteiger partial charge in [0.15, 0.2) is 0 Å². The summed E-state index contributed by atoms with van der Waals surface area (Å²) in [6, 6.07) is 5.87. The van der Waals surface area contributed by atoms with E-state index in [-0.39, 0.29) is 0 Å². The van der Waals surface area contributed by atoms with Gasteiger partial charge in [0.2, 0.25) is 0 Å². The Morgan fingerprint density at radius 2 is 2.19 bits per heavy atom. The maximum absolute atomic E-state index is 5.93. The van der Waals surface area contributed by atoms with Crippen molar-refractivity contribution in [2.24, 2.45) is 0 Å². The first-order chi connectivity index (χ1) is 7.74. The molecular weight excluding hydrogens is 335 g/mol. The van der Waals surface area contributed by atoms with E-state index in [1.165, 1.54) is 18.5 Å². The van der Waals surface area contributed by atoms with Crippen LogP contribution < -0.4 is 0 Å². The third-order valence-electron chi connectivity index (χ3n) is 2.80. The fraction of sp³-hybridized carbons (Fsp3) is 0.250. The average Bonchev–Trinajstić information content (AvgIpc) is 2.98. The minimum absolute atomic E-state index is 0.714. The number of aromatic nitrogens is 2. The molecule has 2 nitrogen and oxygen atoms in total. The smallest absolute Gasteiger partial charge is 0.138 e. The Hall–Kier alpha value is -0.550. The number of halogens is 2. The van der Waals surface area contributed by atoms with Gasteiger partial charge in [0.25, 0.3) is 0 Å². The van der Waals surface area contributed by atoms with Crippen LogP contribution in [0.4, 0.5) is 0 Å². The van der Waals surface area contributed by atoms with Gasteiger partial charge in [-0.15, -0.1) is 0 Å². The number of rotatable bonds is 2. The highest BCUT2D eigenvalue weighted by molar-refractivity contribution is 14.1. The molecule has 0 spiro atoms. The highest BCUT2D eigenvalue weighted by Crippen LogP contribution is 2.39. The summed E-state index contributed by atoms with van der Waals surface area (Å²) < 4.78 is 1.13. The number of nitrogens with zero attached hydrogens (tertiary/aromatic N) is 1. The monoisotopic (exact) mass is 344 g/mol. The largest absolute Gasteiger partial charge is 0.342 e. The van der Waals surface area contributed by atoms with Gasteiger partial charge in [0, 0.05) is 32.0 Å². The molecule has 1 aromatic heterocycles. The molecular formula is C12H10ClIN2. The van der Waals surface area contributed by atoms with Crippen molar-refractivity contribution in [3.63, 3.8) is 0 Å². The molecule has 2 aromatic rings. The van der Waals surface area contributed by atoms with E-state index in [2.05, 4.69) is 32.6 Å². The Bertz CT molecular complexity index is 532. The predicted molar refractivity (Wildman–Crippen MR) is 73.7 cm³/mol. The predicted octanol–water partition coefficient (Wildman–Crippen LogP) is 4.21. The van der Waals surface area contributed by atoms with Gasteiger partial charge in [-0.25, -0.2) is 4.98 Å². The number of aromatic amines is 1. The fourth-order valence-corrected chi connectivity index (χ4v) is 2.88. The first kappa shape index (κ1) is 10.6. The Labute approximate surface area is 113 Å². The lowest BCUT2D eigenvalue weighted by atomic mass is 10.2. The summed E-state index contributed by atoms with van der Waals surface area (Å²) in [5.41, 5.74) is 2.39. The molecule has 3 rings (SSSR count). The molecule has 0 atom stereocenters. The number of imidazole rings is 1. The summed E-state index contributed by atoms with van der Waals surface area (Å²) in [4.78, 5) is 7.83. The molecule has 4 heteroatoms. The van der Waals surface area contributed by atoms with Crippen molar-refractivity contribution in [3.05, 3.63) is 38.7 Å². The van der Waals surface area contributed by atoms with Crippen molar-refractivity contribution in [1.29, 1.82) is 0 Å². The van der Waals surface area contributed by atoms with E-state index in [9.17, 15) is 0 Å². The van der Waals surface area contributed by atoms with Crippen molar-refractivity contribution >= 4 is 34.2 Å². The average molecular weight is 345 g/mol. The van der Waals surface area contributed by atoms with Gasteiger partial charge in [0.1, 0.15) is 5.82 Å². The van der Waals surface area contributed by atoms with E-state index in [1.54, 1.807) is 0 Å². The van der Waals surface area contributed by atoms with Crippen LogP contribution in [0.5, 0.6) is 0 Å². The van der Waals surface area contributed by atoms with E-state index in [0.717, 1.165) is 20.0 Å². The topological polar surface area (TPSA) is 28.7 Å². The quantitative estimate of drug-likeness (QED) is 0.812. The first-order valence-corrected chi connectivity index (χ1v) is 6.70. The van der Waals surface area contributed by atoms with Crippen LogP contribution in [0, 0.1) is 3.57 Å². The van der Waals surface area contributed by atoms with Crippen molar-refractivity contribution in [1.82, 2.24) is 9.97 Å². The van der Waals surface area contributed by atoms with Crippen LogP contribution >= 0.6 is 34.2 Å². The van der Waals surface area contributed by atoms with Crippen LogP contribution in [0.25, 0.3) is 11.4 Å². The van der Waals surface area contributed by atoms with Gasteiger partial charge in [-0.1, -0.05) is 11.6 Å². The molecule has 1 aliphatic rings. The molecule has 0 bridgehead atoms. The number of nitrogens with one attached hydrogen (secondary N) is 1. The molecule has 1 N–H and O–H groups in total. The lowest BCUT2D eigenvalue weighted by Gasteiger charge is -2.01. The number of H-pyrrole nitrogens is 1.